The van der Waals surface area contributed by atoms with Crippen LogP contribution in [0.15, 0.2) is 30.3 Å². The third kappa shape index (κ3) is 3.33. The van der Waals surface area contributed by atoms with Gasteiger partial charge in [-0.05, 0) is 24.8 Å². The van der Waals surface area contributed by atoms with E-state index in [0.29, 0.717) is 0 Å². The van der Waals surface area contributed by atoms with Gasteiger partial charge < -0.3 is 0 Å². The van der Waals surface area contributed by atoms with Gasteiger partial charge in [-0.3, -0.25) is 0 Å². The Bertz CT molecular complexity index is 366. The van der Waals surface area contributed by atoms with E-state index in [1.54, 1.807) is 0 Å². The first kappa shape index (κ1) is 12.2. The number of rotatable bonds is 2. The Hall–Kier alpha value is -1.29. The molecule has 0 aromatic heterocycles. The van der Waals surface area contributed by atoms with E-state index in [9.17, 15) is 5.26 Å². The Morgan fingerprint density at radius 2 is 1.53 bits per heavy atom. The van der Waals surface area contributed by atoms with Crippen molar-refractivity contribution in [1.29, 1.82) is 5.26 Å². The molecule has 17 heavy (non-hydrogen) atoms. The second-order valence-corrected chi connectivity index (χ2v) is 5.32. The Morgan fingerprint density at radius 1 is 0.941 bits per heavy atom. The number of hydrogen-bond acceptors (Lipinski definition) is 1. The van der Waals surface area contributed by atoms with Crippen molar-refractivity contribution in [1.82, 2.24) is 0 Å². The summed E-state index contributed by atoms with van der Waals surface area (Å²) in [6.45, 7) is 0. The van der Waals surface area contributed by atoms with E-state index in [4.69, 9.17) is 0 Å². The second-order valence-electron chi connectivity index (χ2n) is 5.32. The third-order valence-electron chi connectivity index (χ3n) is 3.93. The molecule has 0 aliphatic heterocycles. The average Bonchev–Trinajstić information content (AvgIpc) is 2.34. The summed E-state index contributed by atoms with van der Waals surface area (Å²) in [7, 11) is 0. The van der Waals surface area contributed by atoms with Crippen molar-refractivity contribution in [3.8, 4) is 6.07 Å². The quantitative estimate of drug-likeness (QED) is 0.730. The highest BCUT2D eigenvalue weighted by molar-refractivity contribution is 5.19. The van der Waals surface area contributed by atoms with Crippen LogP contribution in [0.25, 0.3) is 0 Å². The van der Waals surface area contributed by atoms with E-state index < -0.39 is 0 Å². The molecule has 0 saturated heterocycles. The van der Waals surface area contributed by atoms with Gasteiger partial charge in [0.05, 0.1) is 11.5 Å². The van der Waals surface area contributed by atoms with Gasteiger partial charge in [-0.2, -0.15) is 5.26 Å². The number of benzene rings is 1. The van der Waals surface area contributed by atoms with Gasteiger partial charge in [0.1, 0.15) is 0 Å². The van der Waals surface area contributed by atoms with Crippen LogP contribution in [-0.4, -0.2) is 0 Å². The van der Waals surface area contributed by atoms with Crippen LogP contribution in [0, 0.1) is 16.7 Å². The van der Waals surface area contributed by atoms with E-state index in [1.165, 1.54) is 37.7 Å². The molecule has 1 aromatic carbocycles. The van der Waals surface area contributed by atoms with Gasteiger partial charge in [0, 0.05) is 0 Å². The van der Waals surface area contributed by atoms with Crippen molar-refractivity contribution in [2.45, 2.75) is 51.4 Å². The van der Waals surface area contributed by atoms with Crippen LogP contribution < -0.4 is 0 Å². The van der Waals surface area contributed by atoms with Crippen molar-refractivity contribution in [3.05, 3.63) is 35.9 Å². The average molecular weight is 227 g/mol. The first-order chi connectivity index (χ1) is 8.35. The molecule has 90 valence electrons. The lowest BCUT2D eigenvalue weighted by molar-refractivity contribution is 0.287. The largest absolute Gasteiger partial charge is 0.198 e. The summed E-state index contributed by atoms with van der Waals surface area (Å²) in [4.78, 5) is 0. The van der Waals surface area contributed by atoms with Gasteiger partial charge in [0.25, 0.3) is 0 Å². The molecule has 1 aliphatic carbocycles. The third-order valence-corrected chi connectivity index (χ3v) is 3.93. The summed E-state index contributed by atoms with van der Waals surface area (Å²) >= 11 is 0. The fourth-order valence-electron chi connectivity index (χ4n) is 2.90. The van der Waals surface area contributed by atoms with E-state index in [-0.39, 0.29) is 5.41 Å². The van der Waals surface area contributed by atoms with E-state index in [0.717, 1.165) is 19.3 Å². The fourth-order valence-corrected chi connectivity index (χ4v) is 2.90. The molecule has 1 nitrogen and oxygen atoms in total. The van der Waals surface area contributed by atoms with Crippen molar-refractivity contribution >= 4 is 0 Å². The smallest absolute Gasteiger partial charge is 0.0693 e. The molecule has 1 saturated carbocycles. The van der Waals surface area contributed by atoms with Crippen LogP contribution in [0.1, 0.15) is 50.5 Å². The van der Waals surface area contributed by atoms with Crippen LogP contribution in [0.5, 0.6) is 0 Å². The summed E-state index contributed by atoms with van der Waals surface area (Å²) in [6, 6.07) is 13.1. The molecule has 1 fully saturated rings. The molecule has 0 heterocycles. The molecule has 0 amide bonds. The molecule has 0 unspecified atom stereocenters. The van der Waals surface area contributed by atoms with Gasteiger partial charge in [-0.15, -0.1) is 0 Å². The molecule has 0 atom stereocenters. The van der Waals surface area contributed by atoms with Crippen LogP contribution in [0.3, 0.4) is 0 Å². The van der Waals surface area contributed by atoms with E-state index in [1.807, 2.05) is 6.07 Å². The highest BCUT2D eigenvalue weighted by Crippen LogP contribution is 2.36. The summed E-state index contributed by atoms with van der Waals surface area (Å²) in [5.41, 5.74) is 1.22. The standard InChI is InChI=1S/C16H21N/c17-14-16(11-7-2-1-3-8-12-16)13-15-9-5-4-6-10-15/h4-6,9-10H,1-3,7-8,11-13H2. The zero-order chi connectivity index (χ0) is 12.0. The monoisotopic (exact) mass is 227 g/mol. The van der Waals surface area contributed by atoms with Crippen LogP contribution in [-0.2, 0) is 6.42 Å². The number of nitriles is 1. The Morgan fingerprint density at radius 3 is 2.12 bits per heavy atom. The first-order valence-electron chi connectivity index (χ1n) is 6.80. The highest BCUT2D eigenvalue weighted by Gasteiger charge is 2.30. The van der Waals surface area contributed by atoms with Crippen molar-refractivity contribution in [3.63, 3.8) is 0 Å². The molecular weight excluding hydrogens is 206 g/mol. The zero-order valence-electron chi connectivity index (χ0n) is 10.5. The summed E-state index contributed by atoms with van der Waals surface area (Å²) in [5, 5.41) is 9.57. The van der Waals surface area contributed by atoms with Crippen molar-refractivity contribution in [2.75, 3.05) is 0 Å². The van der Waals surface area contributed by atoms with Crippen molar-refractivity contribution < 1.29 is 0 Å². The first-order valence-corrected chi connectivity index (χ1v) is 6.80. The Labute approximate surface area is 104 Å². The molecule has 1 aliphatic rings. The molecule has 1 heteroatoms. The Kier molecular flexibility index (Phi) is 4.20. The normalized spacial score (nSPS) is 19.9. The van der Waals surface area contributed by atoms with E-state index >= 15 is 0 Å². The maximum atomic E-state index is 9.57. The summed E-state index contributed by atoms with van der Waals surface area (Å²) in [5.74, 6) is 0. The lowest BCUT2D eigenvalue weighted by Gasteiger charge is -2.28. The second kappa shape index (κ2) is 5.87. The summed E-state index contributed by atoms with van der Waals surface area (Å²) < 4.78 is 0. The minimum absolute atomic E-state index is 0.0955. The molecule has 0 bridgehead atoms. The topological polar surface area (TPSA) is 23.8 Å². The molecule has 0 N–H and O–H groups in total. The maximum Gasteiger partial charge on any atom is 0.0693 e. The van der Waals surface area contributed by atoms with Gasteiger partial charge in [0.2, 0.25) is 0 Å². The predicted molar refractivity (Wildman–Crippen MR) is 70.5 cm³/mol. The molecular formula is C16H21N. The van der Waals surface area contributed by atoms with Crippen LogP contribution in [0.4, 0.5) is 0 Å². The molecule has 2 rings (SSSR count). The lowest BCUT2D eigenvalue weighted by atomic mass is 9.73. The maximum absolute atomic E-state index is 9.57. The molecule has 0 radical (unpaired) electrons. The van der Waals surface area contributed by atoms with Gasteiger partial charge >= 0.3 is 0 Å². The van der Waals surface area contributed by atoms with Gasteiger partial charge in [-0.1, -0.05) is 62.4 Å². The number of nitrogens with zero attached hydrogens (tertiary/aromatic N) is 1. The van der Waals surface area contributed by atoms with Gasteiger partial charge in [0.15, 0.2) is 0 Å². The SMILES string of the molecule is N#CC1(Cc2ccccc2)CCCCCCC1. The fraction of sp³-hybridized carbons (Fsp3) is 0.562. The van der Waals surface area contributed by atoms with Crippen molar-refractivity contribution in [2.24, 2.45) is 5.41 Å². The molecule has 0 spiro atoms. The molecule has 1 aromatic rings. The highest BCUT2D eigenvalue weighted by atomic mass is 14.4. The minimum atomic E-state index is -0.0955. The van der Waals surface area contributed by atoms with Crippen LogP contribution >= 0.6 is 0 Å². The summed E-state index contributed by atoms with van der Waals surface area (Å²) in [6.07, 6.45) is 9.51. The zero-order valence-corrected chi connectivity index (χ0v) is 10.5. The van der Waals surface area contributed by atoms with E-state index in [2.05, 4.69) is 30.3 Å². The van der Waals surface area contributed by atoms with Crippen LogP contribution in [0.2, 0.25) is 0 Å². The number of hydrogen-bond donors (Lipinski definition) is 0. The Balaban J connectivity index is 2.10. The lowest BCUT2D eigenvalue weighted by Crippen LogP contribution is -2.23. The minimum Gasteiger partial charge on any atom is -0.198 e. The van der Waals surface area contributed by atoms with Gasteiger partial charge in [-0.25, -0.2) is 0 Å². The predicted octanol–water partition coefficient (Wildman–Crippen LogP) is 4.48.